The highest BCUT2D eigenvalue weighted by molar-refractivity contribution is 6.23. The smallest absolute Gasteiger partial charge is 0.263 e. The molecule has 98 valence electrons. The van der Waals surface area contributed by atoms with Crippen LogP contribution in [-0.4, -0.2) is 22.8 Å². The van der Waals surface area contributed by atoms with Crippen molar-refractivity contribution in [3.63, 3.8) is 0 Å². The molecule has 1 aromatic rings. The molecule has 4 nitrogen and oxygen atoms in total. The zero-order valence-electron chi connectivity index (χ0n) is 10.6. The molecule has 1 aromatic carbocycles. The third-order valence-corrected chi connectivity index (χ3v) is 5.01. The van der Waals surface area contributed by atoms with Crippen LogP contribution in [-0.2, 0) is 0 Å². The fraction of sp³-hybridized carbons (Fsp3) is 0.467. The molecule has 4 rings (SSSR count). The van der Waals surface area contributed by atoms with Crippen molar-refractivity contribution in [1.82, 2.24) is 4.90 Å². The van der Waals surface area contributed by atoms with E-state index in [-0.39, 0.29) is 17.9 Å². The molecule has 2 saturated carbocycles. The number of nitrogens with two attached hydrogens (primary N) is 1. The van der Waals surface area contributed by atoms with Crippen molar-refractivity contribution in [1.29, 1.82) is 0 Å². The maximum atomic E-state index is 12.5. The van der Waals surface area contributed by atoms with Gasteiger partial charge in [-0.1, -0.05) is 12.5 Å². The predicted octanol–water partition coefficient (Wildman–Crippen LogP) is 2.05. The van der Waals surface area contributed by atoms with Crippen LogP contribution in [0.3, 0.4) is 0 Å². The summed E-state index contributed by atoms with van der Waals surface area (Å²) < 4.78 is 0. The van der Waals surface area contributed by atoms with Crippen molar-refractivity contribution >= 4 is 17.5 Å². The van der Waals surface area contributed by atoms with Crippen molar-refractivity contribution in [2.45, 2.75) is 31.7 Å². The Hall–Kier alpha value is -1.84. The third kappa shape index (κ3) is 1.34. The summed E-state index contributed by atoms with van der Waals surface area (Å²) in [6.07, 6.45) is 4.56. The Bertz CT molecular complexity index is 596. The van der Waals surface area contributed by atoms with Gasteiger partial charge in [0.2, 0.25) is 0 Å². The molecule has 2 fully saturated rings. The fourth-order valence-corrected chi connectivity index (χ4v) is 4.16. The lowest BCUT2D eigenvalue weighted by Gasteiger charge is -2.29. The second-order valence-electron chi connectivity index (χ2n) is 5.99. The molecule has 0 spiro atoms. The van der Waals surface area contributed by atoms with Crippen molar-refractivity contribution in [2.75, 3.05) is 5.73 Å². The van der Waals surface area contributed by atoms with Crippen LogP contribution in [0.5, 0.6) is 0 Å². The molecular formula is C15H16N2O2. The monoisotopic (exact) mass is 256 g/mol. The van der Waals surface area contributed by atoms with E-state index in [1.165, 1.54) is 17.7 Å². The Kier molecular flexibility index (Phi) is 2.08. The van der Waals surface area contributed by atoms with E-state index < -0.39 is 0 Å². The predicted molar refractivity (Wildman–Crippen MR) is 70.6 cm³/mol. The van der Waals surface area contributed by atoms with Crippen molar-refractivity contribution < 1.29 is 9.59 Å². The lowest BCUT2D eigenvalue weighted by Crippen LogP contribution is -2.42. The molecule has 1 aliphatic heterocycles. The molecule has 0 radical (unpaired) electrons. The number of amides is 2. The number of anilines is 1. The Morgan fingerprint density at radius 2 is 1.95 bits per heavy atom. The number of carbonyl (C=O) groups excluding carboxylic acids is 2. The molecule has 3 aliphatic rings. The van der Waals surface area contributed by atoms with Gasteiger partial charge in [0, 0.05) is 11.7 Å². The van der Waals surface area contributed by atoms with Crippen molar-refractivity contribution in [2.24, 2.45) is 11.8 Å². The molecule has 4 heteroatoms. The highest BCUT2D eigenvalue weighted by Crippen LogP contribution is 2.48. The van der Waals surface area contributed by atoms with E-state index in [0.29, 0.717) is 28.7 Å². The van der Waals surface area contributed by atoms with Gasteiger partial charge in [-0.15, -0.1) is 0 Å². The minimum absolute atomic E-state index is 0.102. The van der Waals surface area contributed by atoms with Gasteiger partial charge in [-0.05, 0) is 43.2 Å². The van der Waals surface area contributed by atoms with Crippen LogP contribution in [0.4, 0.5) is 5.69 Å². The number of hydrogen-bond donors (Lipinski definition) is 1. The minimum Gasteiger partial charge on any atom is -0.398 e. The van der Waals surface area contributed by atoms with Gasteiger partial charge in [-0.2, -0.15) is 0 Å². The summed E-state index contributed by atoms with van der Waals surface area (Å²) in [4.78, 5) is 26.5. The number of imide groups is 1. The molecule has 0 aromatic heterocycles. The summed E-state index contributed by atoms with van der Waals surface area (Å²) in [7, 11) is 0. The molecule has 3 unspecified atom stereocenters. The van der Waals surface area contributed by atoms with E-state index in [0.717, 1.165) is 12.8 Å². The summed E-state index contributed by atoms with van der Waals surface area (Å²) in [6, 6.07) is 5.24. The van der Waals surface area contributed by atoms with Gasteiger partial charge in [0.15, 0.2) is 0 Å². The summed E-state index contributed by atoms with van der Waals surface area (Å²) in [5.41, 5.74) is 7.17. The lowest BCUT2D eigenvalue weighted by molar-refractivity contribution is 0.0530. The SMILES string of the molecule is Nc1cccc2c1C(=O)N(C1CC3CCC1C3)C2=O. The second kappa shape index (κ2) is 3.59. The fourth-order valence-electron chi connectivity index (χ4n) is 4.16. The van der Waals surface area contributed by atoms with Gasteiger partial charge < -0.3 is 5.73 Å². The first-order valence-corrected chi connectivity index (χ1v) is 6.93. The second-order valence-corrected chi connectivity index (χ2v) is 5.99. The number of hydrogen-bond acceptors (Lipinski definition) is 3. The number of nitrogens with zero attached hydrogens (tertiary/aromatic N) is 1. The van der Waals surface area contributed by atoms with E-state index in [9.17, 15) is 9.59 Å². The lowest BCUT2D eigenvalue weighted by atomic mass is 9.94. The normalized spacial score (nSPS) is 32.2. The van der Waals surface area contributed by atoms with Crippen LogP contribution in [0.1, 0.15) is 46.4 Å². The van der Waals surface area contributed by atoms with Gasteiger partial charge in [-0.25, -0.2) is 0 Å². The minimum atomic E-state index is -0.185. The molecule has 0 saturated heterocycles. The van der Waals surface area contributed by atoms with Crippen LogP contribution in [0.25, 0.3) is 0 Å². The molecule has 1 heterocycles. The first-order chi connectivity index (χ1) is 9.16. The highest BCUT2D eigenvalue weighted by Gasteiger charge is 2.49. The average Bonchev–Trinajstić information content (AvgIpc) is 3.05. The quantitative estimate of drug-likeness (QED) is 0.618. The number of nitrogen functional groups attached to an aromatic ring is 1. The number of benzene rings is 1. The number of rotatable bonds is 1. The number of fused-ring (bicyclic) bond motifs is 3. The van der Waals surface area contributed by atoms with Crippen LogP contribution < -0.4 is 5.73 Å². The average molecular weight is 256 g/mol. The van der Waals surface area contributed by atoms with Crippen LogP contribution in [0.15, 0.2) is 18.2 Å². The maximum absolute atomic E-state index is 12.5. The molecule has 2 N–H and O–H groups in total. The maximum Gasteiger partial charge on any atom is 0.263 e. The first-order valence-electron chi connectivity index (χ1n) is 6.93. The molecule has 2 aliphatic carbocycles. The van der Waals surface area contributed by atoms with Crippen LogP contribution in [0.2, 0.25) is 0 Å². The van der Waals surface area contributed by atoms with Gasteiger partial charge in [0.05, 0.1) is 11.1 Å². The zero-order chi connectivity index (χ0) is 13.1. The molecule has 3 atom stereocenters. The topological polar surface area (TPSA) is 63.4 Å². The largest absolute Gasteiger partial charge is 0.398 e. The third-order valence-electron chi connectivity index (χ3n) is 5.01. The number of carbonyl (C=O) groups is 2. The summed E-state index contributed by atoms with van der Waals surface area (Å²) in [5.74, 6) is 0.880. The molecule has 19 heavy (non-hydrogen) atoms. The Balaban J connectivity index is 1.75. The summed E-state index contributed by atoms with van der Waals surface area (Å²) >= 11 is 0. The van der Waals surface area contributed by atoms with Crippen molar-refractivity contribution in [3.8, 4) is 0 Å². The van der Waals surface area contributed by atoms with Crippen LogP contribution in [0, 0.1) is 11.8 Å². The highest BCUT2D eigenvalue weighted by atomic mass is 16.2. The van der Waals surface area contributed by atoms with E-state index in [1.807, 2.05) is 0 Å². The molecule has 2 bridgehead atoms. The standard InChI is InChI=1S/C15H16N2O2/c16-11-3-1-2-10-13(11)15(19)17(14(10)18)12-7-8-4-5-9(12)6-8/h1-3,8-9,12H,4-7,16H2. The van der Waals surface area contributed by atoms with Gasteiger partial charge in [0.1, 0.15) is 0 Å². The van der Waals surface area contributed by atoms with E-state index >= 15 is 0 Å². The first kappa shape index (κ1) is 11.0. The van der Waals surface area contributed by atoms with Gasteiger partial charge in [-0.3, -0.25) is 14.5 Å². The van der Waals surface area contributed by atoms with Crippen LogP contribution >= 0.6 is 0 Å². The summed E-state index contributed by atoms with van der Waals surface area (Å²) in [6.45, 7) is 0. The Morgan fingerprint density at radius 1 is 1.11 bits per heavy atom. The summed E-state index contributed by atoms with van der Waals surface area (Å²) in [5, 5.41) is 0. The van der Waals surface area contributed by atoms with Gasteiger partial charge >= 0.3 is 0 Å². The van der Waals surface area contributed by atoms with E-state index in [2.05, 4.69) is 0 Å². The Labute approximate surface area is 111 Å². The Morgan fingerprint density at radius 3 is 2.58 bits per heavy atom. The van der Waals surface area contributed by atoms with Gasteiger partial charge in [0.25, 0.3) is 11.8 Å². The van der Waals surface area contributed by atoms with E-state index in [1.54, 1.807) is 18.2 Å². The van der Waals surface area contributed by atoms with E-state index in [4.69, 9.17) is 5.73 Å². The zero-order valence-corrected chi connectivity index (χ0v) is 10.6. The molecule has 2 amide bonds. The molecular weight excluding hydrogens is 240 g/mol. The van der Waals surface area contributed by atoms with Crippen molar-refractivity contribution in [3.05, 3.63) is 29.3 Å².